The Bertz CT molecular complexity index is 707. The van der Waals surface area contributed by atoms with Crippen molar-refractivity contribution in [3.63, 3.8) is 0 Å². The molecular weight excluding hydrogens is 358 g/mol. The lowest BCUT2D eigenvalue weighted by Gasteiger charge is -2.33. The molecule has 0 bridgehead atoms. The topological polar surface area (TPSA) is 87.7 Å². The van der Waals surface area contributed by atoms with E-state index in [1.54, 1.807) is 7.11 Å². The second kappa shape index (κ2) is 9.08. The van der Waals surface area contributed by atoms with Crippen molar-refractivity contribution < 1.29 is 19.1 Å². The zero-order valence-corrected chi connectivity index (χ0v) is 16.6. The molecule has 152 valence electrons. The highest BCUT2D eigenvalue weighted by atomic mass is 16.5. The van der Waals surface area contributed by atoms with Gasteiger partial charge in [-0.25, -0.2) is 0 Å². The fourth-order valence-electron chi connectivity index (χ4n) is 3.59. The van der Waals surface area contributed by atoms with Gasteiger partial charge in [-0.3, -0.25) is 14.4 Å². The normalized spacial score (nSPS) is 18.3. The fourth-order valence-corrected chi connectivity index (χ4v) is 3.59. The first-order chi connectivity index (χ1) is 13.5. The number of carbonyl (C=O) groups is 3. The maximum atomic E-state index is 12.8. The highest BCUT2D eigenvalue weighted by molar-refractivity contribution is 5.87. The van der Waals surface area contributed by atoms with Crippen LogP contribution in [0.2, 0.25) is 0 Å². The summed E-state index contributed by atoms with van der Waals surface area (Å²) in [6.45, 7) is 2.78. The number of ether oxygens (including phenoxy) is 1. The van der Waals surface area contributed by atoms with Gasteiger partial charge in [-0.05, 0) is 43.4 Å². The third kappa shape index (κ3) is 5.47. The molecule has 1 atom stereocenters. The predicted octanol–water partition coefficient (Wildman–Crippen LogP) is 1.26. The minimum atomic E-state index is -0.628. The largest absolute Gasteiger partial charge is 0.497 e. The Balaban J connectivity index is 1.53. The van der Waals surface area contributed by atoms with E-state index < -0.39 is 6.04 Å². The van der Waals surface area contributed by atoms with Gasteiger partial charge >= 0.3 is 0 Å². The van der Waals surface area contributed by atoms with Crippen LogP contribution in [0.5, 0.6) is 5.75 Å². The summed E-state index contributed by atoms with van der Waals surface area (Å²) in [7, 11) is 1.60. The molecule has 2 fully saturated rings. The number of nitrogens with zero attached hydrogens (tertiary/aromatic N) is 1. The summed E-state index contributed by atoms with van der Waals surface area (Å²) in [4.78, 5) is 38.4. The molecule has 1 saturated heterocycles. The molecule has 2 N–H and O–H groups in total. The van der Waals surface area contributed by atoms with Crippen molar-refractivity contribution >= 4 is 17.7 Å². The fraction of sp³-hybridized carbons (Fsp3) is 0.571. The van der Waals surface area contributed by atoms with Crippen LogP contribution in [0.3, 0.4) is 0 Å². The Morgan fingerprint density at radius 3 is 2.29 bits per heavy atom. The Morgan fingerprint density at radius 2 is 1.75 bits per heavy atom. The van der Waals surface area contributed by atoms with Gasteiger partial charge < -0.3 is 20.3 Å². The number of methoxy groups -OCH3 is 1. The zero-order chi connectivity index (χ0) is 20.1. The monoisotopic (exact) mass is 387 g/mol. The van der Waals surface area contributed by atoms with Gasteiger partial charge in [0.1, 0.15) is 11.8 Å². The summed E-state index contributed by atoms with van der Waals surface area (Å²) in [5, 5.41) is 5.80. The minimum absolute atomic E-state index is 0.0304. The third-order valence-corrected chi connectivity index (χ3v) is 5.37. The number of piperidine rings is 1. The van der Waals surface area contributed by atoms with Gasteiger partial charge in [0.05, 0.1) is 7.11 Å². The molecule has 0 spiro atoms. The summed E-state index contributed by atoms with van der Waals surface area (Å²) in [5.41, 5.74) is 0.944. The standard InChI is InChI=1S/C21H29N3O4/c1-14(25)22-19(13-15-3-7-18(28-2)8-4-15)20(26)23-17-9-11-24(12-10-17)21(27)16-5-6-16/h3-4,7-8,16-17,19H,5-6,9-13H2,1-2H3,(H,22,25)(H,23,26)/t19-/m0/s1. The van der Waals surface area contributed by atoms with E-state index in [0.717, 1.165) is 37.0 Å². The average molecular weight is 387 g/mol. The lowest BCUT2D eigenvalue weighted by atomic mass is 10.0. The quantitative estimate of drug-likeness (QED) is 0.737. The number of amides is 3. The van der Waals surface area contributed by atoms with Crippen molar-refractivity contribution in [3.8, 4) is 5.75 Å². The van der Waals surface area contributed by atoms with E-state index >= 15 is 0 Å². The molecule has 0 radical (unpaired) electrons. The highest BCUT2D eigenvalue weighted by Gasteiger charge is 2.35. The van der Waals surface area contributed by atoms with E-state index in [1.807, 2.05) is 29.2 Å². The van der Waals surface area contributed by atoms with Crippen LogP contribution in [-0.4, -0.2) is 54.9 Å². The first kappa shape index (κ1) is 20.2. The third-order valence-electron chi connectivity index (χ3n) is 5.37. The molecule has 1 aliphatic carbocycles. The van der Waals surface area contributed by atoms with Gasteiger partial charge in [0.15, 0.2) is 0 Å². The van der Waals surface area contributed by atoms with E-state index in [9.17, 15) is 14.4 Å². The number of rotatable bonds is 7. The predicted molar refractivity (Wildman–Crippen MR) is 105 cm³/mol. The van der Waals surface area contributed by atoms with Crippen molar-refractivity contribution in [1.29, 1.82) is 0 Å². The van der Waals surface area contributed by atoms with Gasteiger partial charge in [0, 0.05) is 38.4 Å². The van der Waals surface area contributed by atoms with E-state index in [-0.39, 0.29) is 29.7 Å². The molecule has 0 unspecified atom stereocenters. The van der Waals surface area contributed by atoms with Crippen LogP contribution < -0.4 is 15.4 Å². The number of hydrogen-bond acceptors (Lipinski definition) is 4. The SMILES string of the molecule is COc1ccc(C[C@H](NC(C)=O)C(=O)NC2CCN(C(=O)C3CC3)CC2)cc1. The number of likely N-dealkylation sites (tertiary alicyclic amines) is 1. The Hall–Kier alpha value is -2.57. The lowest BCUT2D eigenvalue weighted by Crippen LogP contribution is -2.53. The van der Waals surface area contributed by atoms with Crippen molar-refractivity contribution in [2.24, 2.45) is 5.92 Å². The second-order valence-electron chi connectivity index (χ2n) is 7.69. The average Bonchev–Trinajstić information content (AvgIpc) is 3.53. The van der Waals surface area contributed by atoms with Crippen LogP contribution in [-0.2, 0) is 20.8 Å². The lowest BCUT2D eigenvalue weighted by molar-refractivity contribution is -0.134. The van der Waals surface area contributed by atoms with Gasteiger partial charge in [-0.2, -0.15) is 0 Å². The van der Waals surface area contributed by atoms with Gasteiger partial charge in [-0.15, -0.1) is 0 Å². The summed E-state index contributed by atoms with van der Waals surface area (Å²) < 4.78 is 5.15. The van der Waals surface area contributed by atoms with Crippen molar-refractivity contribution in [2.45, 2.75) is 51.1 Å². The van der Waals surface area contributed by atoms with Crippen LogP contribution in [0.15, 0.2) is 24.3 Å². The van der Waals surface area contributed by atoms with Crippen LogP contribution in [0, 0.1) is 5.92 Å². The number of benzene rings is 1. The summed E-state index contributed by atoms with van der Waals surface area (Å²) in [6, 6.07) is 6.86. The first-order valence-electron chi connectivity index (χ1n) is 9.95. The smallest absolute Gasteiger partial charge is 0.243 e. The summed E-state index contributed by atoms with van der Waals surface area (Å²) in [5.74, 6) is 0.827. The molecule has 0 aromatic heterocycles. The molecule has 2 aliphatic rings. The number of carbonyl (C=O) groups excluding carboxylic acids is 3. The van der Waals surface area contributed by atoms with E-state index in [0.29, 0.717) is 19.5 Å². The van der Waals surface area contributed by atoms with E-state index in [1.165, 1.54) is 6.92 Å². The highest BCUT2D eigenvalue weighted by Crippen LogP contribution is 2.31. The first-order valence-corrected chi connectivity index (χ1v) is 9.95. The molecule has 28 heavy (non-hydrogen) atoms. The summed E-state index contributed by atoms with van der Waals surface area (Å²) >= 11 is 0. The molecule has 3 amide bonds. The van der Waals surface area contributed by atoms with Crippen LogP contribution in [0.1, 0.15) is 38.2 Å². The van der Waals surface area contributed by atoms with E-state index in [4.69, 9.17) is 4.74 Å². The maximum absolute atomic E-state index is 12.8. The van der Waals surface area contributed by atoms with Crippen LogP contribution >= 0.6 is 0 Å². The van der Waals surface area contributed by atoms with Crippen LogP contribution in [0.25, 0.3) is 0 Å². The molecule has 1 heterocycles. The molecule has 7 heteroatoms. The Kier molecular flexibility index (Phi) is 6.54. The van der Waals surface area contributed by atoms with Crippen molar-refractivity contribution in [1.82, 2.24) is 15.5 Å². The van der Waals surface area contributed by atoms with Gasteiger partial charge in [0.25, 0.3) is 0 Å². The Morgan fingerprint density at radius 1 is 1.11 bits per heavy atom. The molecule has 3 rings (SSSR count). The molecule has 7 nitrogen and oxygen atoms in total. The van der Waals surface area contributed by atoms with Crippen LogP contribution in [0.4, 0.5) is 0 Å². The summed E-state index contributed by atoms with van der Waals surface area (Å²) in [6.07, 6.45) is 3.94. The molecule has 1 saturated carbocycles. The van der Waals surface area contributed by atoms with Gasteiger partial charge in [0.2, 0.25) is 17.7 Å². The molecular formula is C21H29N3O4. The van der Waals surface area contributed by atoms with E-state index in [2.05, 4.69) is 10.6 Å². The maximum Gasteiger partial charge on any atom is 0.243 e. The molecule has 1 aromatic carbocycles. The van der Waals surface area contributed by atoms with Crippen molar-refractivity contribution in [2.75, 3.05) is 20.2 Å². The number of hydrogen-bond donors (Lipinski definition) is 2. The second-order valence-corrected chi connectivity index (χ2v) is 7.69. The molecule has 1 aliphatic heterocycles. The Labute approximate surface area is 165 Å². The van der Waals surface area contributed by atoms with Gasteiger partial charge in [-0.1, -0.05) is 12.1 Å². The number of nitrogens with one attached hydrogen (secondary N) is 2. The molecule has 1 aromatic rings. The van der Waals surface area contributed by atoms with Crippen molar-refractivity contribution in [3.05, 3.63) is 29.8 Å². The zero-order valence-electron chi connectivity index (χ0n) is 16.6. The minimum Gasteiger partial charge on any atom is -0.497 e.